The largest absolute Gasteiger partial charge is 0.463 e. The van der Waals surface area contributed by atoms with Crippen LogP contribution in [0.4, 0.5) is 10.1 Å². The number of esters is 1. The number of non-ortho nitro benzene ring substituents is 1. The first-order chi connectivity index (χ1) is 13.7. The normalized spacial score (nSPS) is 13.7. The van der Waals surface area contributed by atoms with Crippen LogP contribution in [0, 0.1) is 20.2 Å². The molecule has 2 atom stereocenters. The molecule has 0 unspecified atom stereocenters. The summed E-state index contributed by atoms with van der Waals surface area (Å²) in [7, 11) is 0. The number of nitro benzene ring substituents is 1. The average Bonchev–Trinajstić information content (AvgIpc) is 2.71. The van der Waals surface area contributed by atoms with Crippen LogP contribution in [-0.2, 0) is 9.53 Å². The van der Waals surface area contributed by atoms with Crippen LogP contribution in [0.2, 0.25) is 0 Å². The molecule has 2 aromatic carbocycles. The number of halogens is 1. The van der Waals surface area contributed by atoms with Gasteiger partial charge in [0.2, 0.25) is 12.3 Å². The van der Waals surface area contributed by atoms with E-state index in [1.54, 1.807) is 6.07 Å². The van der Waals surface area contributed by atoms with E-state index in [4.69, 9.17) is 4.74 Å². The third-order valence-electron chi connectivity index (χ3n) is 4.26. The van der Waals surface area contributed by atoms with Crippen LogP contribution in [0.15, 0.2) is 54.6 Å². The Hall–Kier alpha value is -3.69. The van der Waals surface area contributed by atoms with Gasteiger partial charge in [0.05, 0.1) is 11.5 Å². The van der Waals surface area contributed by atoms with Gasteiger partial charge in [-0.25, -0.2) is 9.18 Å². The maximum atomic E-state index is 16.2. The average molecular weight is 404 g/mol. The summed E-state index contributed by atoms with van der Waals surface area (Å²) in [5.74, 6) is -4.69. The minimum absolute atomic E-state index is 0.0648. The number of alkyl halides is 1. The van der Waals surface area contributed by atoms with E-state index in [-0.39, 0.29) is 23.4 Å². The van der Waals surface area contributed by atoms with E-state index >= 15 is 4.39 Å². The van der Waals surface area contributed by atoms with Crippen LogP contribution < -0.4 is 0 Å². The Morgan fingerprint density at radius 1 is 1.07 bits per heavy atom. The van der Waals surface area contributed by atoms with Gasteiger partial charge in [0.1, 0.15) is 5.92 Å². The molecular formula is C19H17FN2O7. The molecule has 0 aliphatic carbocycles. The molecule has 0 bridgehead atoms. The Labute approximate surface area is 164 Å². The summed E-state index contributed by atoms with van der Waals surface area (Å²) in [5.41, 5.74) is -4.03. The van der Waals surface area contributed by atoms with Crippen molar-refractivity contribution < 1.29 is 28.6 Å². The molecule has 0 fully saturated rings. The predicted octanol–water partition coefficient (Wildman–Crippen LogP) is 3.11. The second kappa shape index (κ2) is 9.00. The highest BCUT2D eigenvalue weighted by Crippen LogP contribution is 2.37. The van der Waals surface area contributed by atoms with Crippen molar-refractivity contribution in [2.24, 2.45) is 0 Å². The number of ketones is 1. The van der Waals surface area contributed by atoms with E-state index in [0.29, 0.717) is 0 Å². The molecule has 0 aliphatic heterocycles. The number of nitro groups is 2. The van der Waals surface area contributed by atoms with Gasteiger partial charge in [-0.2, -0.15) is 0 Å². The number of rotatable bonds is 9. The van der Waals surface area contributed by atoms with Crippen LogP contribution in [0.1, 0.15) is 28.8 Å². The molecule has 0 saturated carbocycles. The van der Waals surface area contributed by atoms with Gasteiger partial charge in [-0.3, -0.25) is 25.0 Å². The molecule has 0 spiro atoms. The van der Waals surface area contributed by atoms with Gasteiger partial charge >= 0.3 is 5.97 Å². The van der Waals surface area contributed by atoms with Crippen LogP contribution >= 0.6 is 0 Å². The number of carbonyl (C=O) groups excluding carboxylic acids is 2. The summed E-state index contributed by atoms with van der Waals surface area (Å²) in [6.45, 7) is 0.107. The molecule has 0 aromatic heterocycles. The fraction of sp³-hybridized carbons (Fsp3) is 0.263. The molecule has 0 aliphatic rings. The molecular weight excluding hydrogens is 387 g/mol. The molecule has 0 radical (unpaired) electrons. The van der Waals surface area contributed by atoms with Crippen molar-refractivity contribution in [3.05, 3.63) is 86.0 Å². The van der Waals surface area contributed by atoms with Gasteiger partial charge in [0.15, 0.2) is 0 Å². The second-order valence-electron chi connectivity index (χ2n) is 6.04. The fourth-order valence-electron chi connectivity index (χ4n) is 2.87. The summed E-state index contributed by atoms with van der Waals surface area (Å²) in [4.78, 5) is 45.9. The van der Waals surface area contributed by atoms with E-state index in [0.717, 1.165) is 24.3 Å². The Bertz CT molecular complexity index is 918. The van der Waals surface area contributed by atoms with Crippen molar-refractivity contribution in [2.45, 2.75) is 18.5 Å². The van der Waals surface area contributed by atoms with E-state index in [1.807, 2.05) is 0 Å². The topological polar surface area (TPSA) is 130 Å². The summed E-state index contributed by atoms with van der Waals surface area (Å²) >= 11 is 0. The van der Waals surface area contributed by atoms with Gasteiger partial charge in [-0.15, -0.1) is 0 Å². The zero-order chi connectivity index (χ0) is 21.6. The number of Topliss-reactive ketones (excluding diaryl/α,β-unsaturated/α-hetero) is 1. The number of ether oxygens (including phenoxy) is 1. The van der Waals surface area contributed by atoms with Crippen molar-refractivity contribution >= 4 is 17.4 Å². The van der Waals surface area contributed by atoms with Gasteiger partial charge in [-0.05, 0) is 24.6 Å². The van der Waals surface area contributed by atoms with Gasteiger partial charge in [-0.1, -0.05) is 30.3 Å². The first-order valence-corrected chi connectivity index (χ1v) is 8.53. The fourth-order valence-corrected chi connectivity index (χ4v) is 2.87. The lowest BCUT2D eigenvalue weighted by Crippen LogP contribution is -2.50. The van der Waals surface area contributed by atoms with Crippen LogP contribution in [-0.4, -0.2) is 40.4 Å². The first-order valence-electron chi connectivity index (χ1n) is 8.53. The highest BCUT2D eigenvalue weighted by Gasteiger charge is 2.57. The Kier molecular flexibility index (Phi) is 6.71. The predicted molar refractivity (Wildman–Crippen MR) is 98.9 cm³/mol. The standard InChI is InChI=1S/C19H17FN2O7/c1-2-29-18(24)19(20,16(12-21(25)26)13-6-4-3-5-7-13)17(23)14-8-10-15(11-9-14)22(27)28/h3-11,16H,2,12H2,1H3/t16-,19+/m1/s1. The molecule has 10 heteroatoms. The van der Waals surface area contributed by atoms with E-state index in [2.05, 4.69) is 0 Å². The lowest BCUT2D eigenvalue weighted by molar-refractivity contribution is -0.485. The molecule has 2 rings (SSSR count). The molecule has 0 amide bonds. The third-order valence-corrected chi connectivity index (χ3v) is 4.26. The summed E-state index contributed by atoms with van der Waals surface area (Å²) in [6.07, 6.45) is 0. The molecule has 0 N–H and O–H groups in total. The van der Waals surface area contributed by atoms with E-state index < -0.39 is 39.7 Å². The van der Waals surface area contributed by atoms with Crippen LogP contribution in [0.25, 0.3) is 0 Å². The van der Waals surface area contributed by atoms with Crippen molar-refractivity contribution in [3.8, 4) is 0 Å². The zero-order valence-electron chi connectivity index (χ0n) is 15.3. The zero-order valence-corrected chi connectivity index (χ0v) is 15.3. The number of hydrogen-bond acceptors (Lipinski definition) is 7. The lowest BCUT2D eigenvalue weighted by Gasteiger charge is -2.28. The highest BCUT2D eigenvalue weighted by atomic mass is 19.1. The molecule has 152 valence electrons. The lowest BCUT2D eigenvalue weighted by atomic mass is 9.78. The van der Waals surface area contributed by atoms with Crippen molar-refractivity contribution in [3.63, 3.8) is 0 Å². The monoisotopic (exact) mass is 404 g/mol. The van der Waals surface area contributed by atoms with E-state index in [1.165, 1.54) is 31.2 Å². The van der Waals surface area contributed by atoms with E-state index in [9.17, 15) is 29.8 Å². The Morgan fingerprint density at radius 2 is 1.66 bits per heavy atom. The molecule has 29 heavy (non-hydrogen) atoms. The quantitative estimate of drug-likeness (QED) is 0.206. The summed E-state index contributed by atoms with van der Waals surface area (Å²) < 4.78 is 20.9. The molecule has 0 heterocycles. The first kappa shape index (κ1) is 21.6. The SMILES string of the molecule is CCOC(=O)[C@@](F)(C(=O)c1ccc([N+](=O)[O-])cc1)[C@H](C[N+](=O)[O-])c1ccccc1. The summed E-state index contributed by atoms with van der Waals surface area (Å²) in [5, 5.41) is 22.0. The minimum atomic E-state index is -3.40. The Morgan fingerprint density at radius 3 is 2.14 bits per heavy atom. The molecule has 0 saturated heterocycles. The van der Waals surface area contributed by atoms with Gasteiger partial charge in [0.25, 0.3) is 11.4 Å². The van der Waals surface area contributed by atoms with Crippen molar-refractivity contribution in [2.75, 3.05) is 13.2 Å². The number of hydrogen-bond donors (Lipinski definition) is 0. The smallest absolute Gasteiger partial charge is 0.353 e. The van der Waals surface area contributed by atoms with Crippen LogP contribution in [0.3, 0.4) is 0 Å². The maximum absolute atomic E-state index is 16.2. The molecule has 2 aromatic rings. The third kappa shape index (κ3) is 4.60. The summed E-state index contributed by atoms with van der Waals surface area (Å²) in [6, 6.07) is 11.2. The number of benzene rings is 2. The molecule has 9 nitrogen and oxygen atoms in total. The minimum Gasteiger partial charge on any atom is -0.463 e. The van der Waals surface area contributed by atoms with Gasteiger partial charge in [0, 0.05) is 22.6 Å². The number of carbonyl (C=O) groups is 2. The van der Waals surface area contributed by atoms with Crippen molar-refractivity contribution in [1.82, 2.24) is 0 Å². The second-order valence-corrected chi connectivity index (χ2v) is 6.04. The van der Waals surface area contributed by atoms with Crippen LogP contribution in [0.5, 0.6) is 0 Å². The maximum Gasteiger partial charge on any atom is 0.353 e. The number of nitrogens with zero attached hydrogens (tertiary/aromatic N) is 2. The van der Waals surface area contributed by atoms with Crippen molar-refractivity contribution in [1.29, 1.82) is 0 Å². The highest BCUT2D eigenvalue weighted by molar-refractivity contribution is 6.16. The van der Waals surface area contributed by atoms with Gasteiger partial charge < -0.3 is 4.74 Å². The Balaban J connectivity index is 2.60.